The Labute approximate surface area is 123 Å². The standard InChI is InChI=1S/C17H29N3/c1-3-4-15-5-9-17(14-18,10-6-15)20(2)13-16-7-11-19-12-8-16/h7-8,11-12,15H,3-6,9-10,13-14,18H2,1-2H3. The normalized spacial score (nSPS) is 26.9. The summed E-state index contributed by atoms with van der Waals surface area (Å²) >= 11 is 0. The van der Waals surface area contributed by atoms with Crippen LogP contribution in [0.15, 0.2) is 24.5 Å². The van der Waals surface area contributed by atoms with Gasteiger partial charge in [0.25, 0.3) is 0 Å². The summed E-state index contributed by atoms with van der Waals surface area (Å²) in [4.78, 5) is 6.57. The minimum atomic E-state index is 0.202. The first-order valence-electron chi connectivity index (χ1n) is 8.00. The maximum Gasteiger partial charge on any atom is 0.0332 e. The van der Waals surface area contributed by atoms with E-state index in [0.29, 0.717) is 0 Å². The Kier molecular flexibility index (Phi) is 5.55. The van der Waals surface area contributed by atoms with Crippen LogP contribution in [0.1, 0.15) is 51.0 Å². The first-order valence-corrected chi connectivity index (χ1v) is 8.00. The van der Waals surface area contributed by atoms with Gasteiger partial charge < -0.3 is 5.73 Å². The molecule has 20 heavy (non-hydrogen) atoms. The molecule has 1 saturated carbocycles. The molecule has 0 bridgehead atoms. The molecule has 2 rings (SSSR count). The molecule has 1 aliphatic carbocycles. The molecule has 112 valence electrons. The van der Waals surface area contributed by atoms with Crippen LogP contribution in [0.25, 0.3) is 0 Å². The van der Waals surface area contributed by atoms with Gasteiger partial charge in [0.2, 0.25) is 0 Å². The summed E-state index contributed by atoms with van der Waals surface area (Å²) in [5.74, 6) is 0.925. The number of likely N-dealkylation sites (N-methyl/N-ethyl adjacent to an activating group) is 1. The SMILES string of the molecule is CCCC1CCC(CN)(N(C)Cc2ccncc2)CC1. The van der Waals surface area contributed by atoms with E-state index in [2.05, 4.69) is 36.0 Å². The topological polar surface area (TPSA) is 42.1 Å². The third-order valence-corrected chi connectivity index (χ3v) is 5.09. The van der Waals surface area contributed by atoms with Crippen molar-refractivity contribution in [3.63, 3.8) is 0 Å². The van der Waals surface area contributed by atoms with Crippen molar-refractivity contribution in [1.29, 1.82) is 0 Å². The van der Waals surface area contributed by atoms with Gasteiger partial charge in [-0.05, 0) is 56.3 Å². The van der Waals surface area contributed by atoms with Crippen LogP contribution in [0.2, 0.25) is 0 Å². The number of nitrogens with two attached hydrogens (primary N) is 1. The quantitative estimate of drug-likeness (QED) is 0.867. The Bertz CT molecular complexity index is 382. The van der Waals surface area contributed by atoms with Crippen molar-refractivity contribution in [1.82, 2.24) is 9.88 Å². The van der Waals surface area contributed by atoms with Crippen molar-refractivity contribution in [2.24, 2.45) is 11.7 Å². The molecule has 0 unspecified atom stereocenters. The molecule has 1 aromatic rings. The van der Waals surface area contributed by atoms with Gasteiger partial charge in [-0.3, -0.25) is 9.88 Å². The number of nitrogens with zero attached hydrogens (tertiary/aromatic N) is 2. The predicted octanol–water partition coefficient (Wildman–Crippen LogP) is 3.20. The molecule has 0 aromatic carbocycles. The molecular formula is C17H29N3. The minimum Gasteiger partial charge on any atom is -0.329 e. The van der Waals surface area contributed by atoms with E-state index >= 15 is 0 Å². The summed E-state index contributed by atoms with van der Waals surface area (Å²) in [7, 11) is 2.23. The number of rotatable bonds is 6. The zero-order valence-electron chi connectivity index (χ0n) is 13.0. The predicted molar refractivity (Wildman–Crippen MR) is 84.4 cm³/mol. The van der Waals surface area contributed by atoms with Gasteiger partial charge in [-0.1, -0.05) is 19.8 Å². The fourth-order valence-corrected chi connectivity index (χ4v) is 3.58. The van der Waals surface area contributed by atoms with E-state index in [0.717, 1.165) is 19.0 Å². The molecule has 0 spiro atoms. The maximum absolute atomic E-state index is 6.16. The van der Waals surface area contributed by atoms with Gasteiger partial charge in [0, 0.05) is 31.0 Å². The second kappa shape index (κ2) is 7.19. The van der Waals surface area contributed by atoms with Crippen LogP contribution in [0.4, 0.5) is 0 Å². The van der Waals surface area contributed by atoms with Gasteiger partial charge >= 0.3 is 0 Å². The van der Waals surface area contributed by atoms with Gasteiger partial charge in [0.15, 0.2) is 0 Å². The molecule has 0 aliphatic heterocycles. The van der Waals surface area contributed by atoms with Crippen LogP contribution >= 0.6 is 0 Å². The van der Waals surface area contributed by atoms with E-state index in [1.165, 1.54) is 44.1 Å². The maximum atomic E-state index is 6.16. The van der Waals surface area contributed by atoms with Crippen molar-refractivity contribution < 1.29 is 0 Å². The Morgan fingerprint density at radius 3 is 2.50 bits per heavy atom. The average Bonchev–Trinajstić information content (AvgIpc) is 2.49. The highest BCUT2D eigenvalue weighted by atomic mass is 15.2. The Morgan fingerprint density at radius 1 is 1.30 bits per heavy atom. The van der Waals surface area contributed by atoms with Gasteiger partial charge in [-0.25, -0.2) is 0 Å². The highest BCUT2D eigenvalue weighted by molar-refractivity contribution is 5.10. The Balaban J connectivity index is 1.97. The fraction of sp³-hybridized carbons (Fsp3) is 0.706. The van der Waals surface area contributed by atoms with Crippen molar-refractivity contribution in [3.8, 4) is 0 Å². The van der Waals surface area contributed by atoms with E-state index in [1.807, 2.05) is 12.4 Å². The monoisotopic (exact) mass is 275 g/mol. The van der Waals surface area contributed by atoms with Crippen LogP contribution in [0.5, 0.6) is 0 Å². The van der Waals surface area contributed by atoms with Crippen molar-refractivity contribution in [3.05, 3.63) is 30.1 Å². The van der Waals surface area contributed by atoms with E-state index < -0.39 is 0 Å². The number of hydrogen-bond donors (Lipinski definition) is 1. The lowest BCUT2D eigenvalue weighted by Gasteiger charge is -2.46. The van der Waals surface area contributed by atoms with Crippen LogP contribution < -0.4 is 5.73 Å². The summed E-state index contributed by atoms with van der Waals surface area (Å²) in [5, 5.41) is 0. The van der Waals surface area contributed by atoms with Gasteiger partial charge in [0.1, 0.15) is 0 Å². The highest BCUT2D eigenvalue weighted by Gasteiger charge is 2.37. The number of pyridine rings is 1. The van der Waals surface area contributed by atoms with E-state index in [1.54, 1.807) is 0 Å². The van der Waals surface area contributed by atoms with Gasteiger partial charge in [-0.15, -0.1) is 0 Å². The largest absolute Gasteiger partial charge is 0.329 e. The van der Waals surface area contributed by atoms with Gasteiger partial charge in [-0.2, -0.15) is 0 Å². The first-order chi connectivity index (χ1) is 9.70. The molecule has 0 amide bonds. The zero-order chi connectivity index (χ0) is 14.4. The molecule has 1 aliphatic rings. The van der Waals surface area contributed by atoms with Crippen LogP contribution in [-0.4, -0.2) is 29.0 Å². The van der Waals surface area contributed by atoms with Crippen LogP contribution in [0, 0.1) is 5.92 Å². The molecule has 0 saturated heterocycles. The molecule has 1 aromatic heterocycles. The average molecular weight is 275 g/mol. The smallest absolute Gasteiger partial charge is 0.0332 e. The molecule has 2 N–H and O–H groups in total. The highest BCUT2D eigenvalue weighted by Crippen LogP contribution is 2.37. The molecule has 3 nitrogen and oxygen atoms in total. The number of hydrogen-bond acceptors (Lipinski definition) is 3. The van der Waals surface area contributed by atoms with Gasteiger partial charge in [0.05, 0.1) is 0 Å². The molecule has 3 heteroatoms. The molecular weight excluding hydrogens is 246 g/mol. The number of aromatic nitrogens is 1. The Hall–Kier alpha value is -0.930. The second-order valence-electron chi connectivity index (χ2n) is 6.37. The minimum absolute atomic E-state index is 0.202. The van der Waals surface area contributed by atoms with E-state index in [-0.39, 0.29) is 5.54 Å². The Morgan fingerprint density at radius 2 is 1.95 bits per heavy atom. The zero-order valence-corrected chi connectivity index (χ0v) is 13.0. The van der Waals surface area contributed by atoms with Crippen LogP contribution in [0.3, 0.4) is 0 Å². The summed E-state index contributed by atoms with van der Waals surface area (Å²) < 4.78 is 0. The third-order valence-electron chi connectivity index (χ3n) is 5.09. The van der Waals surface area contributed by atoms with Crippen molar-refractivity contribution in [2.75, 3.05) is 13.6 Å². The lowest BCUT2D eigenvalue weighted by Crippen LogP contribution is -2.53. The van der Waals surface area contributed by atoms with Crippen LogP contribution in [-0.2, 0) is 6.54 Å². The third kappa shape index (κ3) is 3.58. The molecule has 1 heterocycles. The summed E-state index contributed by atoms with van der Waals surface area (Å²) in [6.07, 6.45) is 11.6. The van der Waals surface area contributed by atoms with E-state index in [9.17, 15) is 0 Å². The fourth-order valence-electron chi connectivity index (χ4n) is 3.58. The lowest BCUT2D eigenvalue weighted by atomic mass is 9.74. The summed E-state index contributed by atoms with van der Waals surface area (Å²) in [5.41, 5.74) is 7.69. The van der Waals surface area contributed by atoms with E-state index in [4.69, 9.17) is 5.73 Å². The molecule has 1 fully saturated rings. The first kappa shape index (κ1) is 15.5. The van der Waals surface area contributed by atoms with Crippen molar-refractivity contribution >= 4 is 0 Å². The second-order valence-corrected chi connectivity index (χ2v) is 6.37. The van der Waals surface area contributed by atoms with Crippen molar-refractivity contribution in [2.45, 2.75) is 57.5 Å². The lowest BCUT2D eigenvalue weighted by molar-refractivity contribution is 0.0569. The molecule has 0 atom stereocenters. The summed E-state index contributed by atoms with van der Waals surface area (Å²) in [6.45, 7) is 4.03. The molecule has 0 radical (unpaired) electrons. The summed E-state index contributed by atoms with van der Waals surface area (Å²) in [6, 6.07) is 4.20.